The smallest absolute Gasteiger partial charge is 0.243 e. The Morgan fingerprint density at radius 1 is 1.00 bits per heavy atom. The summed E-state index contributed by atoms with van der Waals surface area (Å²) in [7, 11) is 0. The Morgan fingerprint density at radius 3 is 2.29 bits per heavy atom. The fraction of sp³-hybridized carbons (Fsp3) is 0.417. The number of amides is 2. The lowest BCUT2D eigenvalue weighted by Crippen LogP contribution is -2.52. The van der Waals surface area contributed by atoms with Crippen LogP contribution in [0.5, 0.6) is 0 Å². The van der Waals surface area contributed by atoms with Gasteiger partial charge in [0.1, 0.15) is 6.04 Å². The van der Waals surface area contributed by atoms with Crippen molar-refractivity contribution in [2.45, 2.75) is 65.6 Å². The van der Waals surface area contributed by atoms with Gasteiger partial charge in [0.25, 0.3) is 0 Å². The van der Waals surface area contributed by atoms with E-state index in [0.29, 0.717) is 19.4 Å². The van der Waals surface area contributed by atoms with Crippen LogP contribution in [0.25, 0.3) is 0 Å². The zero-order valence-electron chi connectivity index (χ0n) is 17.4. The van der Waals surface area contributed by atoms with Gasteiger partial charge in [0.15, 0.2) is 0 Å². The Kier molecular flexibility index (Phi) is 8.24. The van der Waals surface area contributed by atoms with Gasteiger partial charge in [-0.3, -0.25) is 9.59 Å². The van der Waals surface area contributed by atoms with Crippen LogP contribution in [0.2, 0.25) is 0 Å². The standard InChI is InChI=1S/C24H32N2O2/c1-5-19(4)25-24(28)22(16-20-12-8-7-9-13-20)26(23(27)6-2)17-21-14-10-11-18(3)15-21/h7-15,19,22H,5-6,16-17H2,1-4H3,(H,25,28)/t19-,22-/m0/s1. The third-order valence-electron chi connectivity index (χ3n) is 5.01. The van der Waals surface area contributed by atoms with Gasteiger partial charge in [0, 0.05) is 25.4 Å². The van der Waals surface area contributed by atoms with Crippen LogP contribution in [0.15, 0.2) is 54.6 Å². The summed E-state index contributed by atoms with van der Waals surface area (Å²) in [6, 6.07) is 17.5. The van der Waals surface area contributed by atoms with E-state index in [1.165, 1.54) is 0 Å². The quantitative estimate of drug-likeness (QED) is 0.707. The van der Waals surface area contributed by atoms with E-state index in [9.17, 15) is 9.59 Å². The first-order valence-corrected chi connectivity index (χ1v) is 10.1. The summed E-state index contributed by atoms with van der Waals surface area (Å²) in [6.45, 7) is 8.34. The predicted molar refractivity (Wildman–Crippen MR) is 114 cm³/mol. The Balaban J connectivity index is 2.35. The van der Waals surface area contributed by atoms with Gasteiger partial charge in [-0.15, -0.1) is 0 Å². The molecule has 1 N–H and O–H groups in total. The highest BCUT2D eigenvalue weighted by molar-refractivity contribution is 5.88. The van der Waals surface area contributed by atoms with E-state index in [1.54, 1.807) is 4.90 Å². The Labute approximate surface area is 169 Å². The second-order valence-corrected chi connectivity index (χ2v) is 7.39. The molecule has 0 spiro atoms. The van der Waals surface area contributed by atoms with Gasteiger partial charge in [-0.2, -0.15) is 0 Å². The molecule has 28 heavy (non-hydrogen) atoms. The molecule has 4 nitrogen and oxygen atoms in total. The number of hydrogen-bond donors (Lipinski definition) is 1. The summed E-state index contributed by atoms with van der Waals surface area (Å²) in [5, 5.41) is 3.07. The molecule has 0 bridgehead atoms. The van der Waals surface area contributed by atoms with Gasteiger partial charge in [0.2, 0.25) is 11.8 Å². The minimum Gasteiger partial charge on any atom is -0.352 e. The molecule has 4 heteroatoms. The van der Waals surface area contributed by atoms with Crippen molar-refractivity contribution in [2.24, 2.45) is 0 Å². The maximum Gasteiger partial charge on any atom is 0.243 e. The first-order valence-electron chi connectivity index (χ1n) is 10.1. The van der Waals surface area contributed by atoms with Crippen LogP contribution in [0.4, 0.5) is 0 Å². The van der Waals surface area contributed by atoms with Crippen molar-refractivity contribution in [3.05, 3.63) is 71.3 Å². The number of hydrogen-bond acceptors (Lipinski definition) is 2. The number of rotatable bonds is 9. The summed E-state index contributed by atoms with van der Waals surface area (Å²) in [4.78, 5) is 27.7. The maximum absolute atomic E-state index is 13.1. The second kappa shape index (κ2) is 10.6. The lowest BCUT2D eigenvalue weighted by molar-refractivity contribution is -0.141. The average Bonchev–Trinajstić information content (AvgIpc) is 2.70. The van der Waals surface area contributed by atoms with Gasteiger partial charge in [0.05, 0.1) is 0 Å². The van der Waals surface area contributed by atoms with Crippen LogP contribution in [0.3, 0.4) is 0 Å². The van der Waals surface area contributed by atoms with Crippen molar-refractivity contribution in [3.63, 3.8) is 0 Å². The average molecular weight is 381 g/mol. The summed E-state index contributed by atoms with van der Waals surface area (Å²) in [5.74, 6) is -0.102. The molecular weight excluding hydrogens is 348 g/mol. The lowest BCUT2D eigenvalue weighted by atomic mass is 10.0. The van der Waals surface area contributed by atoms with E-state index in [2.05, 4.69) is 11.4 Å². The first-order chi connectivity index (χ1) is 13.4. The third kappa shape index (κ3) is 6.22. The van der Waals surface area contributed by atoms with Crippen molar-refractivity contribution in [3.8, 4) is 0 Å². The molecule has 2 rings (SSSR count). The van der Waals surface area contributed by atoms with E-state index in [-0.39, 0.29) is 17.9 Å². The highest BCUT2D eigenvalue weighted by atomic mass is 16.2. The predicted octanol–water partition coefficient (Wildman–Crippen LogP) is 4.26. The van der Waals surface area contributed by atoms with E-state index in [0.717, 1.165) is 23.1 Å². The number of nitrogens with one attached hydrogen (secondary N) is 1. The molecule has 2 amide bonds. The molecule has 2 aromatic rings. The van der Waals surface area contributed by atoms with E-state index in [1.807, 2.05) is 76.2 Å². The molecule has 0 radical (unpaired) electrons. The minimum atomic E-state index is -0.538. The van der Waals surface area contributed by atoms with Crippen molar-refractivity contribution < 1.29 is 9.59 Å². The number of carbonyl (C=O) groups is 2. The van der Waals surface area contributed by atoms with Crippen molar-refractivity contribution in [2.75, 3.05) is 0 Å². The SMILES string of the molecule is CCC(=O)N(Cc1cccc(C)c1)[C@@H](Cc1ccccc1)C(=O)N[C@@H](C)CC. The topological polar surface area (TPSA) is 49.4 Å². The molecule has 0 aromatic heterocycles. The Morgan fingerprint density at radius 2 is 1.68 bits per heavy atom. The first kappa shape index (κ1) is 21.7. The van der Waals surface area contributed by atoms with Crippen LogP contribution in [0, 0.1) is 6.92 Å². The molecule has 0 saturated carbocycles. The normalized spacial score (nSPS) is 12.9. The minimum absolute atomic E-state index is 0.0123. The molecule has 150 valence electrons. The van der Waals surface area contributed by atoms with Crippen LogP contribution in [-0.4, -0.2) is 28.8 Å². The molecule has 2 aromatic carbocycles. The molecule has 0 unspecified atom stereocenters. The molecular formula is C24H32N2O2. The molecule has 0 heterocycles. The fourth-order valence-corrected chi connectivity index (χ4v) is 3.21. The van der Waals surface area contributed by atoms with Gasteiger partial charge in [-0.1, -0.05) is 74.0 Å². The highest BCUT2D eigenvalue weighted by Gasteiger charge is 2.30. The van der Waals surface area contributed by atoms with Crippen LogP contribution in [0.1, 0.15) is 50.3 Å². The molecule has 2 atom stereocenters. The van der Waals surface area contributed by atoms with Crippen LogP contribution < -0.4 is 5.32 Å². The molecule has 0 fully saturated rings. The van der Waals surface area contributed by atoms with Crippen LogP contribution >= 0.6 is 0 Å². The zero-order chi connectivity index (χ0) is 20.5. The van der Waals surface area contributed by atoms with Crippen molar-refractivity contribution in [1.29, 1.82) is 0 Å². The molecule has 0 saturated heterocycles. The lowest BCUT2D eigenvalue weighted by Gasteiger charge is -2.32. The fourth-order valence-electron chi connectivity index (χ4n) is 3.21. The summed E-state index contributed by atoms with van der Waals surface area (Å²) in [6.07, 6.45) is 1.72. The summed E-state index contributed by atoms with van der Waals surface area (Å²) in [5.41, 5.74) is 3.23. The highest BCUT2D eigenvalue weighted by Crippen LogP contribution is 2.16. The van der Waals surface area contributed by atoms with E-state index in [4.69, 9.17) is 0 Å². The molecule has 0 aliphatic rings. The Bertz CT molecular complexity index is 773. The second-order valence-electron chi connectivity index (χ2n) is 7.39. The number of benzene rings is 2. The maximum atomic E-state index is 13.1. The summed E-state index contributed by atoms with van der Waals surface area (Å²) < 4.78 is 0. The molecule has 0 aliphatic heterocycles. The van der Waals surface area contributed by atoms with E-state index < -0.39 is 6.04 Å². The summed E-state index contributed by atoms with van der Waals surface area (Å²) >= 11 is 0. The van der Waals surface area contributed by atoms with Gasteiger partial charge in [-0.25, -0.2) is 0 Å². The van der Waals surface area contributed by atoms with E-state index >= 15 is 0 Å². The number of aryl methyl sites for hydroxylation is 1. The van der Waals surface area contributed by atoms with Crippen LogP contribution in [-0.2, 0) is 22.6 Å². The van der Waals surface area contributed by atoms with Crippen molar-refractivity contribution in [1.82, 2.24) is 10.2 Å². The largest absolute Gasteiger partial charge is 0.352 e. The third-order valence-corrected chi connectivity index (χ3v) is 5.01. The van der Waals surface area contributed by atoms with Gasteiger partial charge < -0.3 is 10.2 Å². The van der Waals surface area contributed by atoms with Gasteiger partial charge >= 0.3 is 0 Å². The van der Waals surface area contributed by atoms with Crippen molar-refractivity contribution >= 4 is 11.8 Å². The Hall–Kier alpha value is -2.62. The zero-order valence-corrected chi connectivity index (χ0v) is 17.4. The number of carbonyl (C=O) groups excluding carboxylic acids is 2. The van der Waals surface area contributed by atoms with Gasteiger partial charge in [-0.05, 0) is 31.4 Å². The monoisotopic (exact) mass is 380 g/mol. The molecule has 0 aliphatic carbocycles. The number of nitrogens with zero attached hydrogens (tertiary/aromatic N) is 1.